The summed E-state index contributed by atoms with van der Waals surface area (Å²) in [6.07, 6.45) is 2.19. The third kappa shape index (κ3) is 4.92. The summed E-state index contributed by atoms with van der Waals surface area (Å²) in [5.74, 6) is 0.723. The van der Waals surface area contributed by atoms with E-state index in [-0.39, 0.29) is 30.7 Å². The summed E-state index contributed by atoms with van der Waals surface area (Å²) in [5, 5.41) is 20.3. The van der Waals surface area contributed by atoms with Crippen LogP contribution in [0.15, 0.2) is 59.6 Å². The van der Waals surface area contributed by atoms with Gasteiger partial charge in [0.05, 0.1) is 12.1 Å². The van der Waals surface area contributed by atoms with Gasteiger partial charge in [-0.15, -0.1) is 0 Å². The Hall–Kier alpha value is -3.36. The first-order chi connectivity index (χ1) is 14.0. The molecule has 0 fully saturated rings. The van der Waals surface area contributed by atoms with Gasteiger partial charge in [-0.2, -0.15) is 0 Å². The van der Waals surface area contributed by atoms with Gasteiger partial charge in [-0.3, -0.25) is 0 Å². The largest absolute Gasteiger partial charge is 0.491 e. The van der Waals surface area contributed by atoms with Crippen molar-refractivity contribution in [2.45, 2.75) is 13.0 Å². The number of aliphatic hydroxyl groups excluding tert-OH is 2. The third-order valence-electron chi connectivity index (χ3n) is 4.03. The predicted molar refractivity (Wildman–Crippen MR) is 109 cm³/mol. The molecule has 0 saturated heterocycles. The molecule has 8 heteroatoms. The first kappa shape index (κ1) is 20.4. The Morgan fingerprint density at radius 3 is 2.69 bits per heavy atom. The second-order valence-electron chi connectivity index (χ2n) is 6.15. The molecule has 3 aromatic rings. The van der Waals surface area contributed by atoms with Crippen LogP contribution in [0.2, 0.25) is 0 Å². The van der Waals surface area contributed by atoms with Gasteiger partial charge in [0.2, 0.25) is 0 Å². The van der Waals surface area contributed by atoms with E-state index < -0.39 is 11.9 Å². The van der Waals surface area contributed by atoms with Gasteiger partial charge in [0, 0.05) is 11.5 Å². The van der Waals surface area contributed by atoms with Crippen LogP contribution in [0.1, 0.15) is 24.4 Å². The number of hydrogen-bond acceptors (Lipinski definition) is 6. The van der Waals surface area contributed by atoms with Gasteiger partial charge in [-0.1, -0.05) is 18.2 Å². The van der Waals surface area contributed by atoms with Crippen LogP contribution in [0.4, 0.5) is 10.2 Å². The predicted octanol–water partition coefficient (Wildman–Crippen LogP) is 2.79. The van der Waals surface area contributed by atoms with Gasteiger partial charge in [0.1, 0.15) is 30.1 Å². The van der Waals surface area contributed by atoms with Gasteiger partial charge >= 0.3 is 0 Å². The second-order valence-corrected chi connectivity index (χ2v) is 6.15. The number of nitrogens with two attached hydrogens (primary N) is 1. The Morgan fingerprint density at radius 2 is 2.00 bits per heavy atom. The molecule has 7 nitrogen and oxygen atoms in total. The van der Waals surface area contributed by atoms with Crippen LogP contribution < -0.4 is 10.5 Å². The summed E-state index contributed by atoms with van der Waals surface area (Å²) >= 11 is 0. The van der Waals surface area contributed by atoms with Crippen molar-refractivity contribution in [2.24, 2.45) is 10.7 Å². The lowest BCUT2D eigenvalue weighted by Crippen LogP contribution is -2.09. The van der Waals surface area contributed by atoms with Crippen molar-refractivity contribution in [3.8, 4) is 5.75 Å². The Labute approximate surface area is 167 Å². The molecular weight excluding hydrogens is 375 g/mol. The maximum Gasteiger partial charge on any atom is 0.165 e. The summed E-state index contributed by atoms with van der Waals surface area (Å²) in [6, 6.07) is 10.5. The van der Waals surface area contributed by atoms with Crippen LogP contribution in [-0.2, 0) is 0 Å². The first-order valence-electron chi connectivity index (χ1n) is 8.97. The number of halogens is 1. The zero-order valence-corrected chi connectivity index (χ0v) is 15.8. The lowest BCUT2D eigenvalue weighted by Gasteiger charge is -2.13. The van der Waals surface area contributed by atoms with Gasteiger partial charge < -0.3 is 20.7 Å². The van der Waals surface area contributed by atoms with E-state index in [4.69, 9.17) is 15.6 Å². The number of fused-ring (bicyclic) bond motifs is 1. The quantitative estimate of drug-likeness (QED) is 0.418. The first-order valence-corrected chi connectivity index (χ1v) is 8.97. The van der Waals surface area contributed by atoms with E-state index in [9.17, 15) is 9.50 Å². The molecule has 150 valence electrons. The summed E-state index contributed by atoms with van der Waals surface area (Å²) < 4.78 is 18.6. The number of aliphatic hydroxyl groups is 2. The van der Waals surface area contributed by atoms with Crippen LogP contribution in [0.5, 0.6) is 5.75 Å². The molecule has 1 aromatic heterocycles. The van der Waals surface area contributed by atoms with Crippen molar-refractivity contribution in [2.75, 3.05) is 13.2 Å². The van der Waals surface area contributed by atoms with Crippen LogP contribution in [0, 0.1) is 5.82 Å². The van der Waals surface area contributed by atoms with Gasteiger partial charge in [-0.25, -0.2) is 19.4 Å². The standard InChI is InChI=1S/C21H21FN4O3/c1-2-3-18(23)25-20-16-9-8-15(29-11-10-27)12-17(16)24-21(26-20)19(28)13-4-6-14(22)7-5-13/h2-9,12,19,27-28H,10-11H2,1H3,(H2,23,24,25,26). The molecule has 1 atom stereocenters. The molecule has 4 N–H and O–H groups in total. The van der Waals surface area contributed by atoms with E-state index in [1.807, 2.05) is 6.92 Å². The number of aromatic nitrogens is 2. The zero-order valence-electron chi connectivity index (χ0n) is 15.8. The summed E-state index contributed by atoms with van der Waals surface area (Å²) in [5.41, 5.74) is 6.83. The smallest absolute Gasteiger partial charge is 0.165 e. The molecule has 0 spiro atoms. The van der Waals surface area contributed by atoms with Crippen molar-refractivity contribution in [1.29, 1.82) is 0 Å². The van der Waals surface area contributed by atoms with Crippen LogP contribution in [0.3, 0.4) is 0 Å². The fourth-order valence-corrected chi connectivity index (χ4v) is 2.70. The molecule has 1 unspecified atom stereocenters. The number of rotatable bonds is 7. The molecule has 0 radical (unpaired) electrons. The summed E-state index contributed by atoms with van der Waals surface area (Å²) in [6.45, 7) is 1.83. The molecule has 3 rings (SSSR count). The average molecular weight is 396 g/mol. The van der Waals surface area contributed by atoms with E-state index in [0.717, 1.165) is 0 Å². The van der Waals surface area contributed by atoms with Crippen molar-refractivity contribution >= 4 is 22.6 Å². The highest BCUT2D eigenvalue weighted by Gasteiger charge is 2.17. The van der Waals surface area contributed by atoms with Crippen molar-refractivity contribution < 1.29 is 19.3 Å². The van der Waals surface area contributed by atoms with E-state index >= 15 is 0 Å². The van der Waals surface area contributed by atoms with Gasteiger partial charge in [0.15, 0.2) is 11.6 Å². The Kier molecular flexibility index (Phi) is 6.48. The van der Waals surface area contributed by atoms with Gasteiger partial charge in [-0.05, 0) is 42.8 Å². The lowest BCUT2D eigenvalue weighted by molar-refractivity contribution is 0.201. The fourth-order valence-electron chi connectivity index (χ4n) is 2.70. The van der Waals surface area contributed by atoms with Crippen LogP contribution in [-0.4, -0.2) is 39.2 Å². The number of hydrogen-bond donors (Lipinski definition) is 3. The van der Waals surface area contributed by atoms with Gasteiger partial charge in [0.25, 0.3) is 0 Å². The molecule has 0 aliphatic rings. The minimum absolute atomic E-state index is 0.0930. The van der Waals surface area contributed by atoms with E-state index in [1.165, 1.54) is 24.3 Å². The van der Waals surface area contributed by atoms with E-state index in [0.29, 0.717) is 22.2 Å². The molecule has 29 heavy (non-hydrogen) atoms. The number of benzene rings is 2. The molecular formula is C21H21FN4O3. The minimum atomic E-state index is -1.18. The zero-order chi connectivity index (χ0) is 20.8. The molecule has 0 aliphatic heterocycles. The Bertz CT molecular complexity index is 1050. The molecule has 0 saturated carbocycles. The van der Waals surface area contributed by atoms with Crippen molar-refractivity contribution in [1.82, 2.24) is 9.97 Å². The molecule has 2 aromatic carbocycles. The molecule has 0 bridgehead atoms. The van der Waals surface area contributed by atoms with Crippen molar-refractivity contribution in [3.63, 3.8) is 0 Å². The number of ether oxygens (including phenoxy) is 1. The highest BCUT2D eigenvalue weighted by atomic mass is 19.1. The van der Waals surface area contributed by atoms with Crippen LogP contribution >= 0.6 is 0 Å². The fraction of sp³-hybridized carbons (Fsp3) is 0.190. The lowest BCUT2D eigenvalue weighted by atomic mass is 10.1. The molecule has 0 amide bonds. The average Bonchev–Trinajstić information content (AvgIpc) is 2.72. The normalized spacial score (nSPS) is 13.2. The monoisotopic (exact) mass is 396 g/mol. The van der Waals surface area contributed by atoms with Crippen molar-refractivity contribution in [3.05, 3.63) is 71.8 Å². The topological polar surface area (TPSA) is 114 Å². The number of allylic oxidation sites excluding steroid dienone is 1. The SMILES string of the molecule is CC=CC(N)=Nc1nc(C(O)c2ccc(F)cc2)nc2cc(OCCO)ccc12. The van der Waals surface area contributed by atoms with Crippen LogP contribution in [0.25, 0.3) is 10.9 Å². The Morgan fingerprint density at radius 1 is 1.24 bits per heavy atom. The van der Waals surface area contributed by atoms with E-state index in [2.05, 4.69) is 15.0 Å². The summed E-state index contributed by atoms with van der Waals surface area (Å²) in [4.78, 5) is 13.1. The molecule has 0 aliphatic carbocycles. The third-order valence-corrected chi connectivity index (χ3v) is 4.03. The maximum absolute atomic E-state index is 13.2. The molecule has 1 heterocycles. The highest BCUT2D eigenvalue weighted by Crippen LogP contribution is 2.30. The number of aliphatic imine (C=N–C) groups is 1. The second kappa shape index (κ2) is 9.22. The van der Waals surface area contributed by atoms with E-state index in [1.54, 1.807) is 30.4 Å². The number of amidine groups is 1. The minimum Gasteiger partial charge on any atom is -0.491 e. The summed E-state index contributed by atoms with van der Waals surface area (Å²) in [7, 11) is 0. The Balaban J connectivity index is 2.13. The highest BCUT2D eigenvalue weighted by molar-refractivity contribution is 5.97. The maximum atomic E-state index is 13.2. The number of nitrogens with zero attached hydrogens (tertiary/aromatic N) is 3.